The molecule has 1 aliphatic rings. The topological polar surface area (TPSA) is 121 Å². The lowest BCUT2D eigenvalue weighted by Gasteiger charge is -2.09. The summed E-state index contributed by atoms with van der Waals surface area (Å²) in [6.07, 6.45) is 2.47. The zero-order chi connectivity index (χ0) is 26.2. The molecule has 11 heteroatoms. The van der Waals surface area contributed by atoms with Crippen LogP contribution in [-0.2, 0) is 20.0 Å². The molecular formula is C27H16N4O5S2. The predicted octanol–water partition coefficient (Wildman–Crippen LogP) is 4.07. The third-order valence-electron chi connectivity index (χ3n) is 6.72. The number of ketones is 1. The van der Waals surface area contributed by atoms with Gasteiger partial charge >= 0.3 is 0 Å². The van der Waals surface area contributed by atoms with Crippen molar-refractivity contribution in [2.75, 3.05) is 0 Å². The van der Waals surface area contributed by atoms with E-state index in [1.54, 1.807) is 60.7 Å². The SMILES string of the molecule is O=C1c2cc(S(=O)(=O)n3cnc4ccccc43)ccc2-c2ccc(S(=O)(=O)n3cnc4ccccc43)cc21. The summed E-state index contributed by atoms with van der Waals surface area (Å²) < 4.78 is 55.9. The summed E-state index contributed by atoms with van der Waals surface area (Å²) in [6.45, 7) is 0. The standard InChI is InChI=1S/C27H16N4O5S2/c32-27-21-13-17(37(33,34)30-15-28-23-5-1-3-7-25(23)30)9-11-19(21)20-12-10-18(14-22(20)27)38(35,36)31-16-29-24-6-2-4-8-26(24)31/h1-16H. The zero-order valence-corrected chi connectivity index (χ0v) is 21.0. The molecule has 0 saturated heterocycles. The van der Waals surface area contributed by atoms with Gasteiger partial charge in [0, 0.05) is 11.1 Å². The van der Waals surface area contributed by atoms with Crippen molar-refractivity contribution < 1.29 is 21.6 Å². The van der Waals surface area contributed by atoms with E-state index in [0.29, 0.717) is 33.2 Å². The zero-order valence-electron chi connectivity index (χ0n) is 19.4. The van der Waals surface area contributed by atoms with Crippen LogP contribution in [-0.4, -0.2) is 40.5 Å². The van der Waals surface area contributed by atoms with E-state index in [0.717, 1.165) is 7.94 Å². The van der Waals surface area contributed by atoms with Crippen molar-refractivity contribution >= 4 is 47.9 Å². The molecular weight excluding hydrogens is 524 g/mol. The smallest absolute Gasteiger partial charge is 0.269 e. The van der Waals surface area contributed by atoms with Crippen molar-refractivity contribution in [1.82, 2.24) is 17.9 Å². The Hall–Kier alpha value is -4.61. The minimum absolute atomic E-state index is 0.0710. The fraction of sp³-hybridized carbons (Fsp3) is 0. The molecule has 0 amide bonds. The summed E-state index contributed by atoms with van der Waals surface area (Å²) >= 11 is 0. The van der Waals surface area contributed by atoms with Crippen molar-refractivity contribution in [1.29, 1.82) is 0 Å². The molecule has 0 atom stereocenters. The Kier molecular flexibility index (Phi) is 4.57. The van der Waals surface area contributed by atoms with Gasteiger partial charge in [-0.25, -0.2) is 34.7 Å². The Labute approximate surface area is 216 Å². The number of hydrogen-bond donors (Lipinski definition) is 0. The molecule has 6 aromatic rings. The minimum Gasteiger partial charge on any atom is -0.289 e. The molecule has 0 N–H and O–H groups in total. The van der Waals surface area contributed by atoms with Crippen LogP contribution in [0.4, 0.5) is 0 Å². The highest BCUT2D eigenvalue weighted by Gasteiger charge is 2.31. The van der Waals surface area contributed by atoms with E-state index >= 15 is 0 Å². The second-order valence-corrected chi connectivity index (χ2v) is 12.4. The number of carbonyl (C=O) groups excluding carboxylic acids is 1. The van der Waals surface area contributed by atoms with Gasteiger partial charge < -0.3 is 0 Å². The van der Waals surface area contributed by atoms with Gasteiger partial charge in [0.2, 0.25) is 0 Å². The van der Waals surface area contributed by atoms with Crippen molar-refractivity contribution in [2.45, 2.75) is 9.79 Å². The second kappa shape index (κ2) is 7.70. The predicted molar refractivity (Wildman–Crippen MR) is 140 cm³/mol. The van der Waals surface area contributed by atoms with Gasteiger partial charge in [-0.3, -0.25) is 4.79 Å². The molecule has 38 heavy (non-hydrogen) atoms. The van der Waals surface area contributed by atoms with Crippen LogP contribution >= 0.6 is 0 Å². The number of imidazole rings is 2. The summed E-state index contributed by atoms with van der Waals surface area (Å²) in [5.74, 6) is -0.449. The first kappa shape index (κ1) is 22.6. The average molecular weight is 541 g/mol. The molecule has 0 aliphatic heterocycles. The highest BCUT2D eigenvalue weighted by molar-refractivity contribution is 7.90. The van der Waals surface area contributed by atoms with Gasteiger partial charge in [0.05, 0.1) is 31.9 Å². The molecule has 9 nitrogen and oxygen atoms in total. The monoisotopic (exact) mass is 540 g/mol. The fourth-order valence-electron chi connectivity index (χ4n) is 4.84. The Morgan fingerprint density at radius 3 is 1.39 bits per heavy atom. The van der Waals surface area contributed by atoms with E-state index in [2.05, 4.69) is 9.97 Å². The second-order valence-electron chi connectivity index (χ2n) is 8.81. The molecule has 0 radical (unpaired) electrons. The summed E-state index contributed by atoms with van der Waals surface area (Å²) in [5, 5.41) is 0. The maximum atomic E-state index is 13.4. The Morgan fingerprint density at radius 1 is 0.526 bits per heavy atom. The van der Waals surface area contributed by atoms with E-state index in [4.69, 9.17) is 0 Å². The van der Waals surface area contributed by atoms with Crippen LogP contribution in [0.5, 0.6) is 0 Å². The van der Waals surface area contributed by atoms with E-state index in [9.17, 15) is 21.6 Å². The summed E-state index contributed by atoms with van der Waals surface area (Å²) in [4.78, 5) is 21.6. The number of nitrogens with zero attached hydrogens (tertiary/aromatic N) is 4. The molecule has 1 aliphatic carbocycles. The highest BCUT2D eigenvalue weighted by atomic mass is 32.2. The Morgan fingerprint density at radius 2 is 0.947 bits per heavy atom. The normalized spacial score (nSPS) is 13.2. The lowest BCUT2D eigenvalue weighted by Crippen LogP contribution is -2.13. The molecule has 0 bridgehead atoms. The molecule has 0 saturated carbocycles. The third-order valence-corrected chi connectivity index (χ3v) is 10.0. The maximum absolute atomic E-state index is 13.4. The Balaban J connectivity index is 1.31. The molecule has 0 fully saturated rings. The van der Waals surface area contributed by atoms with Gasteiger partial charge in [-0.1, -0.05) is 36.4 Å². The van der Waals surface area contributed by atoms with Crippen LogP contribution in [0.3, 0.4) is 0 Å². The van der Waals surface area contributed by atoms with Crippen molar-refractivity contribution in [2.24, 2.45) is 0 Å². The van der Waals surface area contributed by atoms with Crippen LogP contribution in [0.2, 0.25) is 0 Å². The van der Waals surface area contributed by atoms with Gasteiger partial charge in [-0.05, 0) is 59.7 Å². The van der Waals surface area contributed by atoms with Gasteiger partial charge in [0.1, 0.15) is 12.7 Å². The maximum Gasteiger partial charge on any atom is 0.269 e. The van der Waals surface area contributed by atoms with Crippen molar-refractivity contribution in [3.05, 3.63) is 109 Å². The highest BCUT2D eigenvalue weighted by Crippen LogP contribution is 2.39. The molecule has 2 heterocycles. The largest absolute Gasteiger partial charge is 0.289 e. The number of hydrogen-bond acceptors (Lipinski definition) is 7. The van der Waals surface area contributed by atoms with Crippen LogP contribution in [0, 0.1) is 0 Å². The lowest BCUT2D eigenvalue weighted by molar-refractivity contribution is 0.104. The molecule has 2 aromatic heterocycles. The Bertz CT molecular complexity index is 2040. The van der Waals surface area contributed by atoms with Crippen LogP contribution in [0.25, 0.3) is 33.2 Å². The van der Waals surface area contributed by atoms with Crippen molar-refractivity contribution in [3.8, 4) is 11.1 Å². The van der Waals surface area contributed by atoms with Gasteiger partial charge in [0.15, 0.2) is 5.78 Å². The van der Waals surface area contributed by atoms with E-state index in [-0.39, 0.29) is 20.9 Å². The number of rotatable bonds is 4. The number of aromatic nitrogens is 4. The molecule has 0 unspecified atom stereocenters. The van der Waals surface area contributed by atoms with E-state index < -0.39 is 25.8 Å². The minimum atomic E-state index is -4.04. The van der Waals surface area contributed by atoms with Crippen molar-refractivity contribution in [3.63, 3.8) is 0 Å². The summed E-state index contributed by atoms with van der Waals surface area (Å²) in [6, 6.07) is 22.4. The molecule has 7 rings (SSSR count). The van der Waals surface area contributed by atoms with Gasteiger partial charge in [0.25, 0.3) is 20.0 Å². The van der Waals surface area contributed by atoms with Crippen LogP contribution in [0.15, 0.2) is 107 Å². The van der Waals surface area contributed by atoms with E-state index in [1.807, 2.05) is 0 Å². The average Bonchev–Trinajstić information content (AvgIpc) is 3.63. The van der Waals surface area contributed by atoms with Crippen LogP contribution in [0.1, 0.15) is 15.9 Å². The first-order chi connectivity index (χ1) is 18.3. The molecule has 186 valence electrons. The lowest BCUT2D eigenvalue weighted by atomic mass is 10.1. The van der Waals surface area contributed by atoms with Gasteiger partial charge in [-0.2, -0.15) is 0 Å². The number of para-hydroxylation sites is 4. The van der Waals surface area contributed by atoms with Gasteiger partial charge in [-0.15, -0.1) is 0 Å². The molecule has 4 aromatic carbocycles. The third kappa shape index (κ3) is 3.06. The first-order valence-electron chi connectivity index (χ1n) is 11.5. The number of fused-ring (bicyclic) bond motifs is 5. The number of carbonyl (C=O) groups is 1. The first-order valence-corrected chi connectivity index (χ1v) is 14.3. The fourth-order valence-corrected chi connectivity index (χ4v) is 7.48. The summed E-state index contributed by atoms with van der Waals surface area (Å²) in [5.41, 5.74) is 3.35. The summed E-state index contributed by atoms with van der Waals surface area (Å²) in [7, 11) is -8.08. The van der Waals surface area contributed by atoms with E-state index in [1.165, 1.54) is 36.9 Å². The quantitative estimate of drug-likeness (QED) is 0.330. The molecule has 0 spiro atoms. The number of benzene rings is 4. The van der Waals surface area contributed by atoms with Crippen LogP contribution < -0.4 is 0 Å².